The minimum Gasteiger partial charge on any atom is -0.393 e. The van der Waals surface area contributed by atoms with Crippen LogP contribution in [0.3, 0.4) is 0 Å². The number of fused-ring (bicyclic) bond motifs is 2. The maximum Gasteiger partial charge on any atom is 0.287 e. The molecule has 42 heavy (non-hydrogen) atoms. The molecule has 0 atom stereocenters. The van der Waals surface area contributed by atoms with E-state index in [1.165, 1.54) is 77.2 Å². The van der Waals surface area contributed by atoms with Crippen LogP contribution < -0.4 is 21.4 Å². The Morgan fingerprint density at radius 1 is 0.500 bits per heavy atom. The first-order valence-electron chi connectivity index (χ1n) is 14.8. The van der Waals surface area contributed by atoms with Crippen LogP contribution in [0.4, 0.5) is 11.4 Å². The van der Waals surface area contributed by atoms with Gasteiger partial charge in [0, 0.05) is 22.1 Å². The highest BCUT2D eigenvalue weighted by Gasteiger charge is 2.22. The van der Waals surface area contributed by atoms with E-state index in [1.54, 1.807) is 0 Å². The van der Waals surface area contributed by atoms with Gasteiger partial charge in [0.15, 0.2) is 0 Å². The van der Waals surface area contributed by atoms with Crippen LogP contribution in [0.15, 0.2) is 109 Å². The second-order valence-electron chi connectivity index (χ2n) is 11.7. The van der Waals surface area contributed by atoms with E-state index in [0.29, 0.717) is 0 Å². The summed E-state index contributed by atoms with van der Waals surface area (Å²) in [6, 6.07) is 38.9. The second-order valence-corrected chi connectivity index (χ2v) is 11.7. The third-order valence-corrected chi connectivity index (χ3v) is 8.35. The number of aryl methyl sites for hydroxylation is 6. The van der Waals surface area contributed by atoms with Gasteiger partial charge in [0.05, 0.1) is 0 Å². The number of benzene rings is 6. The molecule has 208 valence electrons. The standard InChI is InChI=1S/C20H16BN.C18H24BN/c21-22(19-13-5-9-15-7-1-3-11-17(15)19)20-14-6-10-16-8-2-4-12-18(16)20;1-11-7-13(3)17(14(4)8-11)19(20)18-15(5)9-12(2)10-16(18)6/h1-14H,21H2;7-10H,20H2,1-6H3. The molecule has 0 aliphatic carbocycles. The van der Waals surface area contributed by atoms with Crippen molar-refractivity contribution in [2.24, 2.45) is 5.64 Å². The van der Waals surface area contributed by atoms with Crippen LogP contribution in [-0.4, -0.2) is 14.8 Å². The van der Waals surface area contributed by atoms with E-state index in [-0.39, 0.29) is 6.85 Å². The summed E-state index contributed by atoms with van der Waals surface area (Å²) < 4.78 is 0. The number of anilines is 2. The van der Waals surface area contributed by atoms with Gasteiger partial charge in [-0.2, -0.15) is 0 Å². The zero-order valence-electron chi connectivity index (χ0n) is 26.0. The van der Waals surface area contributed by atoms with Crippen LogP contribution in [0.25, 0.3) is 21.5 Å². The molecule has 0 amide bonds. The summed E-state index contributed by atoms with van der Waals surface area (Å²) >= 11 is 0. The summed E-state index contributed by atoms with van der Waals surface area (Å²) in [6.45, 7) is 12.9. The SMILES string of the molecule is BN(c1cccc2ccccc12)c1cccc2ccccc12.Cc1cc(C)c(B(N)c2c(C)cc(C)cc2C)c(C)c1. The molecule has 0 heterocycles. The van der Waals surface area contributed by atoms with Gasteiger partial charge in [0.1, 0.15) is 0 Å². The normalized spacial score (nSPS) is 10.8. The van der Waals surface area contributed by atoms with Crippen molar-refractivity contribution in [2.45, 2.75) is 41.5 Å². The molecule has 2 N–H and O–H groups in total. The van der Waals surface area contributed by atoms with Crippen LogP contribution in [-0.2, 0) is 0 Å². The summed E-state index contributed by atoms with van der Waals surface area (Å²) in [5.41, 5.74) is 19.4. The maximum atomic E-state index is 6.62. The first-order valence-corrected chi connectivity index (χ1v) is 14.8. The van der Waals surface area contributed by atoms with Crippen molar-refractivity contribution in [1.29, 1.82) is 0 Å². The lowest BCUT2D eigenvalue weighted by Gasteiger charge is -2.24. The van der Waals surface area contributed by atoms with E-state index < -0.39 is 0 Å². The summed E-state index contributed by atoms with van der Waals surface area (Å²) in [4.78, 5) is 2.28. The zero-order valence-corrected chi connectivity index (χ0v) is 26.0. The summed E-state index contributed by atoms with van der Waals surface area (Å²) in [6.07, 6.45) is 0. The summed E-state index contributed by atoms with van der Waals surface area (Å²) in [7, 11) is 2.14. The minimum absolute atomic E-state index is 0.0452. The topological polar surface area (TPSA) is 29.3 Å². The third-order valence-electron chi connectivity index (χ3n) is 8.35. The third kappa shape index (κ3) is 5.86. The monoisotopic (exact) mass is 546 g/mol. The van der Waals surface area contributed by atoms with Gasteiger partial charge in [-0.3, -0.25) is 0 Å². The summed E-state index contributed by atoms with van der Waals surface area (Å²) in [5.74, 6) is 0. The van der Waals surface area contributed by atoms with E-state index in [0.717, 1.165) is 0 Å². The van der Waals surface area contributed by atoms with Crippen LogP contribution in [0, 0.1) is 41.5 Å². The second kappa shape index (κ2) is 12.3. The Kier molecular flexibility index (Phi) is 8.56. The van der Waals surface area contributed by atoms with Crippen LogP contribution in [0.1, 0.15) is 33.4 Å². The van der Waals surface area contributed by atoms with Gasteiger partial charge in [-0.1, -0.05) is 141 Å². The molecule has 0 bridgehead atoms. The first kappa shape index (κ1) is 29.2. The molecule has 0 aromatic heterocycles. The maximum absolute atomic E-state index is 6.62. The highest BCUT2D eigenvalue weighted by molar-refractivity contribution is 6.83. The van der Waals surface area contributed by atoms with Gasteiger partial charge in [-0.05, 0) is 64.4 Å². The van der Waals surface area contributed by atoms with Gasteiger partial charge in [-0.15, -0.1) is 0 Å². The van der Waals surface area contributed by atoms with Crippen molar-refractivity contribution < 1.29 is 0 Å². The Balaban J connectivity index is 0.000000169. The number of rotatable bonds is 4. The quantitative estimate of drug-likeness (QED) is 0.236. The van der Waals surface area contributed by atoms with E-state index >= 15 is 0 Å². The van der Waals surface area contributed by atoms with Gasteiger partial charge in [0.2, 0.25) is 7.98 Å². The molecule has 0 saturated heterocycles. The molecule has 4 heteroatoms. The van der Waals surface area contributed by atoms with Gasteiger partial charge in [0.25, 0.3) is 6.85 Å². The predicted octanol–water partition coefficient (Wildman–Crippen LogP) is 7.28. The number of nitrogens with zero attached hydrogens (tertiary/aromatic N) is 1. The lowest BCUT2D eigenvalue weighted by molar-refractivity contribution is 1.33. The van der Waals surface area contributed by atoms with E-state index in [2.05, 4.69) is 164 Å². The van der Waals surface area contributed by atoms with E-state index in [4.69, 9.17) is 5.64 Å². The molecule has 0 fully saturated rings. The molecule has 0 aliphatic heterocycles. The van der Waals surface area contributed by atoms with Crippen molar-refractivity contribution in [3.05, 3.63) is 143 Å². The Labute approximate surface area is 252 Å². The van der Waals surface area contributed by atoms with Crippen molar-refractivity contribution in [3.8, 4) is 0 Å². The lowest BCUT2D eigenvalue weighted by Crippen LogP contribution is -2.54. The molecule has 0 saturated carbocycles. The van der Waals surface area contributed by atoms with Crippen molar-refractivity contribution in [1.82, 2.24) is 0 Å². The Bertz CT molecular complexity index is 1700. The fraction of sp³-hybridized carbons (Fsp3) is 0.158. The number of hydrogen-bond acceptors (Lipinski definition) is 2. The largest absolute Gasteiger partial charge is 0.393 e. The molecular weight excluding hydrogens is 506 g/mol. The van der Waals surface area contributed by atoms with E-state index in [9.17, 15) is 0 Å². The smallest absolute Gasteiger partial charge is 0.287 e. The average molecular weight is 546 g/mol. The van der Waals surface area contributed by atoms with Gasteiger partial charge in [-0.25, -0.2) is 0 Å². The molecular formula is C38H40B2N2. The lowest BCUT2D eigenvalue weighted by atomic mass is 9.48. The molecule has 0 aliphatic rings. The van der Waals surface area contributed by atoms with Crippen LogP contribution >= 0.6 is 0 Å². The molecule has 6 aromatic carbocycles. The molecule has 6 rings (SSSR count). The summed E-state index contributed by atoms with van der Waals surface area (Å²) in [5, 5.41) is 5.10. The first-order chi connectivity index (χ1) is 20.2. The van der Waals surface area contributed by atoms with Crippen LogP contribution in [0.5, 0.6) is 0 Å². The highest BCUT2D eigenvalue weighted by Crippen LogP contribution is 2.34. The predicted molar refractivity (Wildman–Crippen MR) is 189 cm³/mol. The fourth-order valence-corrected chi connectivity index (χ4v) is 6.64. The molecule has 6 aromatic rings. The molecule has 0 unspecified atom stereocenters. The number of nitrogens with two attached hydrogens (primary N) is 1. The number of hydrogen-bond donors (Lipinski definition) is 1. The fourth-order valence-electron chi connectivity index (χ4n) is 6.64. The van der Waals surface area contributed by atoms with Crippen LogP contribution in [0.2, 0.25) is 0 Å². The highest BCUT2D eigenvalue weighted by atomic mass is 15.0. The van der Waals surface area contributed by atoms with Crippen molar-refractivity contribution in [2.75, 3.05) is 4.81 Å². The molecule has 2 nitrogen and oxygen atoms in total. The molecule has 0 radical (unpaired) electrons. The Hall–Kier alpha value is -4.27. The van der Waals surface area contributed by atoms with Crippen molar-refractivity contribution in [3.63, 3.8) is 0 Å². The zero-order chi connectivity index (χ0) is 30.0. The van der Waals surface area contributed by atoms with Crippen molar-refractivity contribution >= 4 is 58.7 Å². The average Bonchev–Trinajstić information content (AvgIpc) is 2.95. The van der Waals surface area contributed by atoms with E-state index in [1.807, 2.05) is 0 Å². The van der Waals surface area contributed by atoms with Gasteiger partial charge >= 0.3 is 0 Å². The minimum atomic E-state index is -0.0452. The van der Waals surface area contributed by atoms with Gasteiger partial charge < -0.3 is 10.5 Å². The Morgan fingerprint density at radius 2 is 0.833 bits per heavy atom. The molecule has 0 spiro atoms. The Morgan fingerprint density at radius 3 is 1.21 bits per heavy atom.